The lowest BCUT2D eigenvalue weighted by atomic mass is 10.2. The fraction of sp³-hybridized carbons (Fsp3) is 0.450. The number of nitrogens with zero attached hydrogens (tertiary/aromatic N) is 2. The van der Waals surface area contributed by atoms with Crippen LogP contribution < -0.4 is 26.4 Å². The Hall–Kier alpha value is -2.72. The fourth-order valence-corrected chi connectivity index (χ4v) is 3.01. The first-order valence-electron chi connectivity index (χ1n) is 9.95. The van der Waals surface area contributed by atoms with Gasteiger partial charge < -0.3 is 31.2 Å². The maximum atomic E-state index is 11.6. The van der Waals surface area contributed by atoms with Gasteiger partial charge in [-0.15, -0.1) is 0 Å². The standard InChI is InChI=1S/C20H26N6O3.H2S/c1-2-7-28-14-9-22-16-8-13(5-6-17(16)29-11-14)25-20-23-10-15(18(21)27)19(26-20)24-12-3-4-12;/h5-6,8,10,12,14,22H,2-4,7,9,11H2,1H3,(H2,21,27)(H2,23,24,25,26);1H2/t14-;/m0./s1. The van der Waals surface area contributed by atoms with Gasteiger partial charge in [0.2, 0.25) is 5.95 Å². The molecule has 4 rings (SSSR count). The maximum Gasteiger partial charge on any atom is 0.254 e. The molecule has 1 amide bonds. The summed E-state index contributed by atoms with van der Waals surface area (Å²) in [5.74, 6) is 1.08. The Balaban J connectivity index is 0.00000256. The Morgan fingerprint density at radius 1 is 1.40 bits per heavy atom. The van der Waals surface area contributed by atoms with Crippen molar-refractivity contribution in [1.82, 2.24) is 9.97 Å². The molecule has 0 radical (unpaired) electrons. The number of carbonyl (C=O) groups excluding carboxylic acids is 1. The number of aromatic nitrogens is 2. The topological polar surface area (TPSA) is 123 Å². The third-order valence-corrected chi connectivity index (χ3v) is 4.71. The zero-order valence-electron chi connectivity index (χ0n) is 16.9. The predicted octanol–water partition coefficient (Wildman–Crippen LogP) is 2.61. The van der Waals surface area contributed by atoms with E-state index in [2.05, 4.69) is 32.8 Å². The fourth-order valence-electron chi connectivity index (χ4n) is 3.01. The van der Waals surface area contributed by atoms with Gasteiger partial charge >= 0.3 is 0 Å². The highest BCUT2D eigenvalue weighted by molar-refractivity contribution is 7.59. The number of primary amides is 1. The molecule has 162 valence electrons. The number of hydrogen-bond acceptors (Lipinski definition) is 8. The number of nitrogens with two attached hydrogens (primary N) is 1. The second-order valence-corrected chi connectivity index (χ2v) is 7.26. The molecular weight excluding hydrogens is 404 g/mol. The van der Waals surface area contributed by atoms with Gasteiger partial charge in [0.1, 0.15) is 24.3 Å². The van der Waals surface area contributed by atoms with Crippen molar-refractivity contribution in [3.8, 4) is 5.75 Å². The first kappa shape index (κ1) is 22.0. The first-order chi connectivity index (χ1) is 14.1. The molecule has 1 aromatic carbocycles. The van der Waals surface area contributed by atoms with Crippen molar-refractivity contribution in [2.75, 3.05) is 35.7 Å². The van der Waals surface area contributed by atoms with Crippen LogP contribution in [0.5, 0.6) is 5.75 Å². The SMILES string of the molecule is CCCO[C@H]1CNc2cc(Nc3ncc(C(N)=O)c(NC4CC4)n3)ccc2OC1.S. The predicted molar refractivity (Wildman–Crippen MR) is 121 cm³/mol. The van der Waals surface area contributed by atoms with Crippen LogP contribution in [0, 0.1) is 0 Å². The summed E-state index contributed by atoms with van der Waals surface area (Å²) >= 11 is 0. The van der Waals surface area contributed by atoms with Gasteiger partial charge in [0, 0.05) is 31.1 Å². The average Bonchev–Trinajstić information content (AvgIpc) is 3.53. The van der Waals surface area contributed by atoms with Crippen LogP contribution in [0.3, 0.4) is 0 Å². The molecule has 1 aliphatic carbocycles. The summed E-state index contributed by atoms with van der Waals surface area (Å²) in [4.78, 5) is 20.3. The zero-order valence-corrected chi connectivity index (χ0v) is 17.9. The van der Waals surface area contributed by atoms with Crippen LogP contribution in [-0.2, 0) is 4.74 Å². The van der Waals surface area contributed by atoms with Gasteiger partial charge in [-0.2, -0.15) is 18.5 Å². The molecule has 1 fully saturated rings. The minimum atomic E-state index is -0.550. The number of amides is 1. The smallest absolute Gasteiger partial charge is 0.254 e. The zero-order chi connectivity index (χ0) is 20.2. The second kappa shape index (κ2) is 9.86. The van der Waals surface area contributed by atoms with Crippen LogP contribution in [0.1, 0.15) is 36.5 Å². The van der Waals surface area contributed by atoms with Gasteiger partial charge in [0.15, 0.2) is 0 Å². The Bertz CT molecular complexity index is 893. The molecule has 1 atom stereocenters. The van der Waals surface area contributed by atoms with Crippen molar-refractivity contribution < 1.29 is 14.3 Å². The van der Waals surface area contributed by atoms with E-state index < -0.39 is 5.91 Å². The number of nitrogens with one attached hydrogen (secondary N) is 3. The van der Waals surface area contributed by atoms with Crippen molar-refractivity contribution >= 4 is 42.5 Å². The summed E-state index contributed by atoms with van der Waals surface area (Å²) in [6.45, 7) is 3.99. The largest absolute Gasteiger partial charge is 0.489 e. The van der Waals surface area contributed by atoms with E-state index in [1.807, 2.05) is 18.2 Å². The van der Waals surface area contributed by atoms with E-state index in [9.17, 15) is 4.79 Å². The van der Waals surface area contributed by atoms with Crippen molar-refractivity contribution in [1.29, 1.82) is 0 Å². The highest BCUT2D eigenvalue weighted by Gasteiger charge is 2.24. The Labute approximate surface area is 182 Å². The summed E-state index contributed by atoms with van der Waals surface area (Å²) < 4.78 is 11.6. The number of hydrogen-bond donors (Lipinski definition) is 4. The average molecular weight is 433 g/mol. The maximum absolute atomic E-state index is 11.6. The van der Waals surface area contributed by atoms with Crippen LogP contribution in [0.2, 0.25) is 0 Å². The summed E-state index contributed by atoms with van der Waals surface area (Å²) in [7, 11) is 0. The van der Waals surface area contributed by atoms with E-state index in [1.54, 1.807) is 0 Å². The van der Waals surface area contributed by atoms with Gasteiger partial charge in [-0.05, 0) is 37.5 Å². The summed E-state index contributed by atoms with van der Waals surface area (Å²) in [5, 5.41) is 9.79. The lowest BCUT2D eigenvalue weighted by Gasteiger charge is -2.14. The van der Waals surface area contributed by atoms with Gasteiger partial charge in [-0.1, -0.05) is 6.92 Å². The normalized spacial score (nSPS) is 17.4. The van der Waals surface area contributed by atoms with Gasteiger partial charge in [-0.25, -0.2) is 4.98 Å². The monoisotopic (exact) mass is 432 g/mol. The molecule has 2 aliphatic rings. The number of fused-ring (bicyclic) bond motifs is 1. The van der Waals surface area contributed by atoms with Crippen LogP contribution >= 0.6 is 13.5 Å². The molecule has 30 heavy (non-hydrogen) atoms. The van der Waals surface area contributed by atoms with Crippen LogP contribution in [0.15, 0.2) is 24.4 Å². The number of rotatable bonds is 8. The molecule has 0 unspecified atom stereocenters. The third-order valence-electron chi connectivity index (χ3n) is 4.71. The van der Waals surface area contributed by atoms with E-state index in [1.165, 1.54) is 6.20 Å². The molecule has 1 saturated carbocycles. The molecule has 0 bridgehead atoms. The molecule has 0 spiro atoms. The van der Waals surface area contributed by atoms with E-state index >= 15 is 0 Å². The van der Waals surface area contributed by atoms with Crippen molar-refractivity contribution in [3.63, 3.8) is 0 Å². The molecular formula is C20H28N6O3S. The van der Waals surface area contributed by atoms with Crippen molar-refractivity contribution in [2.24, 2.45) is 5.73 Å². The van der Waals surface area contributed by atoms with Crippen LogP contribution in [-0.4, -0.2) is 47.8 Å². The van der Waals surface area contributed by atoms with Crippen LogP contribution in [0.4, 0.5) is 23.1 Å². The number of benzene rings is 1. The van der Waals surface area contributed by atoms with Gasteiger partial charge in [0.05, 0.1) is 11.3 Å². The van der Waals surface area contributed by atoms with Crippen molar-refractivity contribution in [2.45, 2.75) is 38.3 Å². The van der Waals surface area contributed by atoms with E-state index in [0.29, 0.717) is 37.6 Å². The highest BCUT2D eigenvalue weighted by Crippen LogP contribution is 2.31. The highest BCUT2D eigenvalue weighted by atomic mass is 32.1. The minimum absolute atomic E-state index is 0. The van der Waals surface area contributed by atoms with Crippen molar-refractivity contribution in [3.05, 3.63) is 30.0 Å². The molecule has 2 heterocycles. The lowest BCUT2D eigenvalue weighted by Crippen LogP contribution is -2.27. The second-order valence-electron chi connectivity index (χ2n) is 7.26. The van der Waals surface area contributed by atoms with E-state index in [0.717, 1.165) is 36.4 Å². The molecule has 5 N–H and O–H groups in total. The first-order valence-corrected chi connectivity index (χ1v) is 9.95. The van der Waals surface area contributed by atoms with Gasteiger partial charge in [0.25, 0.3) is 5.91 Å². The third kappa shape index (κ3) is 5.45. The Morgan fingerprint density at radius 3 is 2.97 bits per heavy atom. The summed E-state index contributed by atoms with van der Waals surface area (Å²) in [5.41, 5.74) is 7.40. The number of ether oxygens (including phenoxy) is 2. The number of carbonyl (C=O) groups is 1. The molecule has 1 aromatic heterocycles. The minimum Gasteiger partial charge on any atom is -0.489 e. The summed E-state index contributed by atoms with van der Waals surface area (Å²) in [6, 6.07) is 6.07. The van der Waals surface area contributed by atoms with Gasteiger partial charge in [-0.3, -0.25) is 4.79 Å². The molecule has 2 aromatic rings. The quantitative estimate of drug-likeness (QED) is 0.502. The number of anilines is 4. The van der Waals surface area contributed by atoms with Crippen LogP contribution in [0.25, 0.3) is 0 Å². The summed E-state index contributed by atoms with van der Waals surface area (Å²) in [6.07, 6.45) is 4.56. The Kier molecular flexibility index (Phi) is 7.22. The van der Waals surface area contributed by atoms with E-state index in [4.69, 9.17) is 15.2 Å². The Morgan fingerprint density at radius 2 is 2.23 bits per heavy atom. The lowest BCUT2D eigenvalue weighted by molar-refractivity contribution is 0.0318. The molecule has 1 aliphatic heterocycles. The molecule has 10 heteroatoms. The molecule has 9 nitrogen and oxygen atoms in total. The molecule has 0 saturated heterocycles. The van der Waals surface area contributed by atoms with E-state index in [-0.39, 0.29) is 25.2 Å².